The average Bonchev–Trinajstić information content (AvgIpc) is 3.17. The Bertz CT molecular complexity index is 893. The van der Waals surface area contributed by atoms with Gasteiger partial charge in [0.25, 0.3) is 0 Å². The van der Waals surface area contributed by atoms with Gasteiger partial charge in [0.15, 0.2) is 11.5 Å². The largest absolute Gasteiger partial charge is 0.475 e. The summed E-state index contributed by atoms with van der Waals surface area (Å²) in [7, 11) is 0. The number of carboxylic acid groups (broad SMARTS) is 1. The molecule has 1 aliphatic rings. The molecule has 0 saturated heterocycles. The summed E-state index contributed by atoms with van der Waals surface area (Å²) in [5.41, 5.74) is 1.68. The van der Waals surface area contributed by atoms with Gasteiger partial charge in [-0.1, -0.05) is 0 Å². The van der Waals surface area contributed by atoms with Crippen LogP contribution in [0.1, 0.15) is 22.1 Å². The van der Waals surface area contributed by atoms with Crippen LogP contribution in [0.4, 0.5) is 0 Å². The molecule has 0 saturated carbocycles. The summed E-state index contributed by atoms with van der Waals surface area (Å²) in [6.07, 6.45) is 0. The van der Waals surface area contributed by atoms with Crippen molar-refractivity contribution in [2.45, 2.75) is 13.5 Å². The standard InChI is InChI=1S/C15H12N2O5/c1-8-16-10-4-13-14(21-7-20-13)5-11(10)17(8)6-9-2-3-12(22-9)15(18)19/h2-5H,6-7H2,1H3,(H,18,19). The first kappa shape index (κ1) is 12.8. The third-order valence-electron chi connectivity index (χ3n) is 3.62. The van der Waals surface area contributed by atoms with Crippen molar-refractivity contribution in [3.63, 3.8) is 0 Å². The molecule has 3 heterocycles. The van der Waals surface area contributed by atoms with E-state index in [1.165, 1.54) is 6.07 Å². The van der Waals surface area contributed by atoms with Crippen LogP contribution in [0.15, 0.2) is 28.7 Å². The van der Waals surface area contributed by atoms with Gasteiger partial charge in [-0.2, -0.15) is 0 Å². The van der Waals surface area contributed by atoms with Gasteiger partial charge in [0.2, 0.25) is 12.6 Å². The van der Waals surface area contributed by atoms with Crippen LogP contribution in [0.5, 0.6) is 11.5 Å². The molecule has 0 atom stereocenters. The third kappa shape index (κ3) is 1.90. The first-order chi connectivity index (χ1) is 10.6. The number of benzene rings is 1. The highest BCUT2D eigenvalue weighted by Crippen LogP contribution is 2.36. The Kier molecular flexibility index (Phi) is 2.62. The minimum Gasteiger partial charge on any atom is -0.475 e. The molecule has 0 fully saturated rings. The van der Waals surface area contributed by atoms with E-state index in [0.29, 0.717) is 23.8 Å². The topological polar surface area (TPSA) is 86.7 Å². The number of aryl methyl sites for hydroxylation is 1. The number of carboxylic acids is 1. The van der Waals surface area contributed by atoms with E-state index in [0.717, 1.165) is 16.9 Å². The average molecular weight is 300 g/mol. The van der Waals surface area contributed by atoms with Crippen molar-refractivity contribution in [2.75, 3.05) is 6.79 Å². The second kappa shape index (κ2) is 4.52. The molecule has 0 spiro atoms. The Morgan fingerprint density at radius 2 is 2.09 bits per heavy atom. The molecule has 0 radical (unpaired) electrons. The van der Waals surface area contributed by atoms with Crippen molar-refractivity contribution in [3.8, 4) is 11.5 Å². The zero-order chi connectivity index (χ0) is 15.3. The fourth-order valence-electron chi connectivity index (χ4n) is 2.57. The Labute approximate surface area is 124 Å². The molecule has 4 rings (SSSR count). The van der Waals surface area contributed by atoms with Gasteiger partial charge in [0.05, 0.1) is 17.6 Å². The minimum absolute atomic E-state index is 0.0744. The number of fused-ring (bicyclic) bond motifs is 2. The van der Waals surface area contributed by atoms with E-state index in [-0.39, 0.29) is 12.6 Å². The molecule has 7 nitrogen and oxygen atoms in total. The highest BCUT2D eigenvalue weighted by molar-refractivity contribution is 5.84. The summed E-state index contributed by atoms with van der Waals surface area (Å²) < 4.78 is 18.0. The Balaban J connectivity index is 1.77. The maximum atomic E-state index is 10.9. The summed E-state index contributed by atoms with van der Waals surface area (Å²) in [5.74, 6) is 1.56. The van der Waals surface area contributed by atoms with Gasteiger partial charge < -0.3 is 23.6 Å². The molecule has 1 aliphatic heterocycles. The smallest absolute Gasteiger partial charge is 0.371 e. The van der Waals surface area contributed by atoms with E-state index in [9.17, 15) is 4.79 Å². The first-order valence-corrected chi connectivity index (χ1v) is 6.70. The SMILES string of the molecule is Cc1nc2cc3c(cc2n1Cc1ccc(C(=O)O)o1)OCO3. The van der Waals surface area contributed by atoms with Gasteiger partial charge in [-0.05, 0) is 19.1 Å². The number of hydrogen-bond donors (Lipinski definition) is 1. The summed E-state index contributed by atoms with van der Waals surface area (Å²) >= 11 is 0. The van der Waals surface area contributed by atoms with E-state index < -0.39 is 5.97 Å². The van der Waals surface area contributed by atoms with Crippen molar-refractivity contribution < 1.29 is 23.8 Å². The summed E-state index contributed by atoms with van der Waals surface area (Å²) in [5, 5.41) is 8.91. The first-order valence-electron chi connectivity index (χ1n) is 6.70. The number of nitrogens with zero attached hydrogens (tertiary/aromatic N) is 2. The molecular weight excluding hydrogens is 288 g/mol. The predicted octanol–water partition coefficient (Wildman–Crippen LogP) is 2.41. The molecule has 1 aromatic carbocycles. The fraction of sp³-hybridized carbons (Fsp3) is 0.200. The molecule has 112 valence electrons. The Morgan fingerprint density at radius 3 is 2.82 bits per heavy atom. The predicted molar refractivity (Wildman–Crippen MR) is 75.4 cm³/mol. The summed E-state index contributed by atoms with van der Waals surface area (Å²) in [6.45, 7) is 2.49. The number of rotatable bonds is 3. The van der Waals surface area contributed by atoms with Crippen molar-refractivity contribution in [1.29, 1.82) is 0 Å². The van der Waals surface area contributed by atoms with E-state index in [1.54, 1.807) is 6.07 Å². The Morgan fingerprint density at radius 1 is 1.32 bits per heavy atom. The Hall–Kier alpha value is -2.96. The van der Waals surface area contributed by atoms with Gasteiger partial charge in [-0.25, -0.2) is 9.78 Å². The van der Waals surface area contributed by atoms with E-state index in [1.807, 2.05) is 23.6 Å². The van der Waals surface area contributed by atoms with Crippen LogP contribution in [0.3, 0.4) is 0 Å². The summed E-state index contributed by atoms with van der Waals surface area (Å²) in [4.78, 5) is 15.4. The lowest BCUT2D eigenvalue weighted by atomic mass is 10.2. The normalized spacial score (nSPS) is 13.0. The van der Waals surface area contributed by atoms with Crippen LogP contribution in [-0.4, -0.2) is 27.4 Å². The van der Waals surface area contributed by atoms with E-state index in [2.05, 4.69) is 4.98 Å². The monoisotopic (exact) mass is 300 g/mol. The second-order valence-corrected chi connectivity index (χ2v) is 5.01. The zero-order valence-electron chi connectivity index (χ0n) is 11.7. The number of hydrogen-bond acceptors (Lipinski definition) is 5. The van der Waals surface area contributed by atoms with Crippen molar-refractivity contribution in [3.05, 3.63) is 41.6 Å². The summed E-state index contributed by atoms with van der Waals surface area (Å²) in [6, 6.07) is 6.81. The molecule has 0 unspecified atom stereocenters. The quantitative estimate of drug-likeness (QED) is 0.799. The number of furan rings is 1. The molecule has 0 amide bonds. The lowest BCUT2D eigenvalue weighted by Crippen LogP contribution is -2.01. The molecule has 0 bridgehead atoms. The van der Waals surface area contributed by atoms with Crippen LogP contribution in [-0.2, 0) is 6.54 Å². The maximum Gasteiger partial charge on any atom is 0.371 e. The maximum absolute atomic E-state index is 10.9. The number of aromatic nitrogens is 2. The molecule has 7 heteroatoms. The van der Waals surface area contributed by atoms with Crippen molar-refractivity contribution in [1.82, 2.24) is 9.55 Å². The van der Waals surface area contributed by atoms with Gasteiger partial charge >= 0.3 is 5.97 Å². The van der Waals surface area contributed by atoms with Crippen LogP contribution >= 0.6 is 0 Å². The molecule has 3 aromatic rings. The zero-order valence-corrected chi connectivity index (χ0v) is 11.7. The van der Waals surface area contributed by atoms with Crippen LogP contribution < -0.4 is 9.47 Å². The van der Waals surface area contributed by atoms with Gasteiger partial charge in [-0.3, -0.25) is 0 Å². The molecular formula is C15H12N2O5. The van der Waals surface area contributed by atoms with Gasteiger partial charge in [0.1, 0.15) is 11.6 Å². The van der Waals surface area contributed by atoms with E-state index in [4.69, 9.17) is 19.0 Å². The lowest BCUT2D eigenvalue weighted by molar-refractivity contribution is 0.0660. The van der Waals surface area contributed by atoms with Crippen LogP contribution in [0, 0.1) is 6.92 Å². The molecule has 0 aliphatic carbocycles. The molecule has 2 aromatic heterocycles. The number of aromatic carboxylic acids is 1. The van der Waals surface area contributed by atoms with Crippen LogP contribution in [0.25, 0.3) is 11.0 Å². The highest BCUT2D eigenvalue weighted by atomic mass is 16.7. The molecule has 1 N–H and O–H groups in total. The number of imidazole rings is 1. The van der Waals surface area contributed by atoms with E-state index >= 15 is 0 Å². The lowest BCUT2D eigenvalue weighted by Gasteiger charge is -2.05. The highest BCUT2D eigenvalue weighted by Gasteiger charge is 2.19. The van der Waals surface area contributed by atoms with Gasteiger partial charge in [-0.15, -0.1) is 0 Å². The minimum atomic E-state index is -1.08. The molecule has 22 heavy (non-hydrogen) atoms. The second-order valence-electron chi connectivity index (χ2n) is 5.01. The third-order valence-corrected chi connectivity index (χ3v) is 3.62. The number of ether oxygens (including phenoxy) is 2. The van der Waals surface area contributed by atoms with Crippen molar-refractivity contribution >= 4 is 17.0 Å². The number of carbonyl (C=O) groups is 1. The van der Waals surface area contributed by atoms with Crippen molar-refractivity contribution in [2.24, 2.45) is 0 Å². The van der Waals surface area contributed by atoms with Crippen LogP contribution in [0.2, 0.25) is 0 Å². The van der Waals surface area contributed by atoms with Gasteiger partial charge in [0, 0.05) is 12.1 Å². The fourth-order valence-corrected chi connectivity index (χ4v) is 2.57.